The van der Waals surface area contributed by atoms with E-state index >= 15 is 4.39 Å². The first kappa shape index (κ1) is 25.0. The fraction of sp³-hybridized carbons (Fsp3) is 0.188. The molecule has 0 spiro atoms. The van der Waals surface area contributed by atoms with Gasteiger partial charge in [0.2, 0.25) is 0 Å². The zero-order valence-electron chi connectivity index (χ0n) is 20.0. The second-order valence-corrected chi connectivity index (χ2v) is 8.42. The predicted octanol–water partition coefficient (Wildman–Crippen LogP) is 8.11. The monoisotopic (exact) mass is 482 g/mol. The Morgan fingerprint density at radius 3 is 2.06 bits per heavy atom. The molecule has 0 saturated carbocycles. The Kier molecular flexibility index (Phi) is 8.32. The molecule has 0 heterocycles. The molecular formula is C32H25F3O. The number of fused-ring (bicyclic) bond motifs is 1. The number of ether oxygens (including phenoxy) is 1. The molecule has 4 heteroatoms. The smallest absolute Gasteiger partial charge is 0.387 e. The first-order valence-electron chi connectivity index (χ1n) is 11.9. The van der Waals surface area contributed by atoms with Crippen LogP contribution in [0.2, 0.25) is 0 Å². The van der Waals surface area contributed by atoms with Gasteiger partial charge in [-0.1, -0.05) is 67.7 Å². The van der Waals surface area contributed by atoms with Crippen LogP contribution < -0.4 is 4.74 Å². The van der Waals surface area contributed by atoms with Crippen LogP contribution >= 0.6 is 0 Å². The van der Waals surface area contributed by atoms with Gasteiger partial charge in [0.1, 0.15) is 11.6 Å². The predicted molar refractivity (Wildman–Crippen MR) is 139 cm³/mol. The van der Waals surface area contributed by atoms with E-state index in [1.165, 1.54) is 37.0 Å². The number of benzene rings is 4. The molecule has 0 saturated heterocycles. The number of unbranched alkanes of at least 4 members (excludes halogenated alkanes) is 2. The van der Waals surface area contributed by atoms with Crippen LogP contribution in [0.1, 0.15) is 54.0 Å². The fourth-order valence-electron chi connectivity index (χ4n) is 3.80. The van der Waals surface area contributed by atoms with E-state index in [-0.39, 0.29) is 11.3 Å². The molecule has 180 valence electrons. The Balaban J connectivity index is 1.48. The zero-order valence-corrected chi connectivity index (χ0v) is 20.0. The topological polar surface area (TPSA) is 9.23 Å². The van der Waals surface area contributed by atoms with E-state index in [1.54, 1.807) is 30.3 Å². The van der Waals surface area contributed by atoms with Crippen molar-refractivity contribution >= 4 is 10.8 Å². The molecule has 0 amide bonds. The lowest BCUT2D eigenvalue weighted by Gasteiger charge is -2.04. The van der Waals surface area contributed by atoms with E-state index in [0.717, 1.165) is 22.9 Å². The molecule has 4 aromatic rings. The third-order valence-corrected chi connectivity index (χ3v) is 5.75. The summed E-state index contributed by atoms with van der Waals surface area (Å²) in [7, 11) is 0. The van der Waals surface area contributed by atoms with Gasteiger partial charge in [0.25, 0.3) is 0 Å². The van der Waals surface area contributed by atoms with Crippen molar-refractivity contribution in [1.29, 1.82) is 0 Å². The highest BCUT2D eigenvalue weighted by Gasteiger charge is 2.07. The third kappa shape index (κ3) is 6.71. The summed E-state index contributed by atoms with van der Waals surface area (Å²) in [5, 5.41) is 1.20. The molecule has 0 bridgehead atoms. The van der Waals surface area contributed by atoms with Gasteiger partial charge < -0.3 is 4.74 Å². The minimum atomic E-state index is -2.88. The molecule has 0 radical (unpaired) electrons. The highest BCUT2D eigenvalue weighted by molar-refractivity contribution is 5.86. The highest BCUT2D eigenvalue weighted by Crippen LogP contribution is 2.22. The SMILES string of the molecule is CCCCCc1ccc(C#Cc2ccc3c(F)c(C#Cc4ccc(OC(F)F)cc4)ccc3c2)cc1. The molecular weight excluding hydrogens is 457 g/mol. The van der Waals surface area contributed by atoms with Crippen molar-refractivity contribution in [1.82, 2.24) is 0 Å². The Morgan fingerprint density at radius 2 is 1.36 bits per heavy atom. The van der Waals surface area contributed by atoms with Crippen LogP contribution in [0.5, 0.6) is 5.75 Å². The van der Waals surface area contributed by atoms with Crippen molar-refractivity contribution < 1.29 is 17.9 Å². The standard InChI is InChI=1S/C32H25F3O/c1-2-3-4-5-23-6-8-24(9-7-23)10-11-26-15-21-30-28(22-26)18-17-27(31(30)33)16-12-25-13-19-29(20-14-25)36-32(34)35/h6-9,13-15,17-22,32H,2-5H2,1H3. The Hall–Kier alpha value is -4.15. The first-order chi connectivity index (χ1) is 17.5. The highest BCUT2D eigenvalue weighted by atomic mass is 19.3. The molecule has 0 N–H and O–H groups in total. The quantitative estimate of drug-likeness (QED) is 0.199. The molecule has 0 atom stereocenters. The van der Waals surface area contributed by atoms with E-state index in [9.17, 15) is 8.78 Å². The van der Waals surface area contributed by atoms with Gasteiger partial charge >= 0.3 is 6.61 Å². The third-order valence-electron chi connectivity index (χ3n) is 5.75. The summed E-state index contributed by atoms with van der Waals surface area (Å²) >= 11 is 0. The van der Waals surface area contributed by atoms with E-state index < -0.39 is 12.4 Å². The molecule has 4 aromatic carbocycles. The minimum absolute atomic E-state index is 0.0470. The van der Waals surface area contributed by atoms with Crippen molar-refractivity contribution in [2.45, 2.75) is 39.2 Å². The van der Waals surface area contributed by atoms with Crippen molar-refractivity contribution in [2.75, 3.05) is 0 Å². The molecule has 0 aliphatic heterocycles. The molecule has 0 aliphatic carbocycles. The number of halogens is 3. The lowest BCUT2D eigenvalue weighted by molar-refractivity contribution is -0.0498. The molecule has 0 aliphatic rings. The number of aryl methyl sites for hydroxylation is 1. The second kappa shape index (κ2) is 12.0. The van der Waals surface area contributed by atoms with Gasteiger partial charge in [-0.25, -0.2) is 4.39 Å². The summed E-state index contributed by atoms with van der Waals surface area (Å²) in [5.74, 6) is 11.7. The summed E-state index contributed by atoms with van der Waals surface area (Å²) in [6.45, 7) is -0.680. The number of hydrogen-bond acceptors (Lipinski definition) is 1. The van der Waals surface area contributed by atoms with Gasteiger partial charge in [-0.05, 0) is 78.4 Å². The normalized spacial score (nSPS) is 10.5. The van der Waals surface area contributed by atoms with Gasteiger partial charge in [-0.2, -0.15) is 8.78 Å². The summed E-state index contributed by atoms with van der Waals surface area (Å²) in [6, 6.07) is 23.1. The maximum Gasteiger partial charge on any atom is 0.387 e. The Labute approximate surface area is 209 Å². The Bertz CT molecular complexity index is 1450. The van der Waals surface area contributed by atoms with E-state index in [2.05, 4.69) is 47.5 Å². The fourth-order valence-corrected chi connectivity index (χ4v) is 3.80. The van der Waals surface area contributed by atoms with Crippen molar-refractivity contribution in [3.63, 3.8) is 0 Å². The molecule has 0 fully saturated rings. The molecule has 0 unspecified atom stereocenters. The average molecular weight is 483 g/mol. The van der Waals surface area contributed by atoms with Crippen LogP contribution in [-0.2, 0) is 6.42 Å². The van der Waals surface area contributed by atoms with E-state index in [0.29, 0.717) is 10.9 Å². The van der Waals surface area contributed by atoms with E-state index in [1.807, 2.05) is 24.3 Å². The van der Waals surface area contributed by atoms with Crippen LogP contribution in [0.3, 0.4) is 0 Å². The summed E-state index contributed by atoms with van der Waals surface area (Å²) in [4.78, 5) is 0. The lowest BCUT2D eigenvalue weighted by Crippen LogP contribution is -2.01. The molecule has 36 heavy (non-hydrogen) atoms. The molecule has 0 aromatic heterocycles. The van der Waals surface area contributed by atoms with Crippen molar-refractivity contribution in [3.05, 3.63) is 112 Å². The van der Waals surface area contributed by atoms with Gasteiger partial charge in [0, 0.05) is 22.1 Å². The minimum Gasteiger partial charge on any atom is -0.435 e. The Morgan fingerprint density at radius 1 is 0.722 bits per heavy atom. The van der Waals surface area contributed by atoms with E-state index in [4.69, 9.17) is 0 Å². The lowest BCUT2D eigenvalue weighted by atomic mass is 10.0. The van der Waals surface area contributed by atoms with Crippen LogP contribution in [0, 0.1) is 29.5 Å². The maximum atomic E-state index is 15.1. The van der Waals surface area contributed by atoms with Crippen LogP contribution in [0.25, 0.3) is 10.8 Å². The molecule has 4 rings (SSSR count). The zero-order chi connectivity index (χ0) is 25.3. The number of alkyl halides is 2. The number of hydrogen-bond donors (Lipinski definition) is 0. The number of rotatable bonds is 6. The van der Waals surface area contributed by atoms with Gasteiger partial charge in [0.15, 0.2) is 0 Å². The van der Waals surface area contributed by atoms with Crippen LogP contribution in [0.15, 0.2) is 78.9 Å². The van der Waals surface area contributed by atoms with Crippen molar-refractivity contribution in [3.8, 4) is 29.4 Å². The second-order valence-electron chi connectivity index (χ2n) is 8.42. The van der Waals surface area contributed by atoms with Gasteiger partial charge in [-0.3, -0.25) is 0 Å². The summed E-state index contributed by atoms with van der Waals surface area (Å²) in [6.07, 6.45) is 4.75. The van der Waals surface area contributed by atoms with Crippen LogP contribution in [-0.4, -0.2) is 6.61 Å². The average Bonchev–Trinajstić information content (AvgIpc) is 2.88. The largest absolute Gasteiger partial charge is 0.435 e. The van der Waals surface area contributed by atoms with Gasteiger partial charge in [0.05, 0.1) is 5.56 Å². The van der Waals surface area contributed by atoms with Crippen LogP contribution in [0.4, 0.5) is 13.2 Å². The first-order valence-corrected chi connectivity index (χ1v) is 11.9. The van der Waals surface area contributed by atoms with Crippen molar-refractivity contribution in [2.24, 2.45) is 0 Å². The summed E-state index contributed by atoms with van der Waals surface area (Å²) in [5.41, 5.74) is 3.90. The summed E-state index contributed by atoms with van der Waals surface area (Å²) < 4.78 is 43.9. The maximum absolute atomic E-state index is 15.1. The molecule has 1 nitrogen and oxygen atoms in total. The van der Waals surface area contributed by atoms with Gasteiger partial charge in [-0.15, -0.1) is 0 Å².